The third-order valence-electron chi connectivity index (χ3n) is 4.70. The molecule has 2 rings (SSSR count). The van der Waals surface area contributed by atoms with Crippen LogP contribution in [0.4, 0.5) is 0 Å². The van der Waals surface area contributed by atoms with Crippen molar-refractivity contribution in [1.82, 2.24) is 5.32 Å². The van der Waals surface area contributed by atoms with Crippen LogP contribution in [0, 0.1) is 5.41 Å². The molecule has 5 nitrogen and oxygen atoms in total. The number of hydrogen-bond acceptors (Lipinski definition) is 3. The number of amides is 1. The zero-order chi connectivity index (χ0) is 13.4. The van der Waals surface area contributed by atoms with E-state index in [0.717, 1.165) is 25.7 Å². The maximum Gasteiger partial charge on any atom is 0.311 e. The smallest absolute Gasteiger partial charge is 0.311 e. The van der Waals surface area contributed by atoms with Crippen LogP contribution >= 0.6 is 0 Å². The lowest BCUT2D eigenvalue weighted by Gasteiger charge is -2.31. The van der Waals surface area contributed by atoms with Gasteiger partial charge in [-0.3, -0.25) is 9.59 Å². The van der Waals surface area contributed by atoms with E-state index >= 15 is 0 Å². The highest BCUT2D eigenvalue weighted by molar-refractivity contribution is 5.87. The molecule has 0 aromatic carbocycles. The molecule has 0 spiro atoms. The number of carboxylic acids is 1. The first-order valence-electron chi connectivity index (χ1n) is 6.72. The van der Waals surface area contributed by atoms with E-state index in [4.69, 9.17) is 5.73 Å². The van der Waals surface area contributed by atoms with Crippen molar-refractivity contribution in [3.63, 3.8) is 0 Å². The Morgan fingerprint density at radius 2 is 1.83 bits per heavy atom. The third kappa shape index (κ3) is 2.11. The minimum atomic E-state index is -0.843. The van der Waals surface area contributed by atoms with Crippen molar-refractivity contribution in [3.8, 4) is 0 Å². The highest BCUT2D eigenvalue weighted by Crippen LogP contribution is 2.39. The predicted molar refractivity (Wildman–Crippen MR) is 66.9 cm³/mol. The van der Waals surface area contributed by atoms with Gasteiger partial charge in [-0.25, -0.2) is 0 Å². The first-order chi connectivity index (χ1) is 8.38. The molecule has 1 amide bonds. The van der Waals surface area contributed by atoms with Gasteiger partial charge in [-0.2, -0.15) is 0 Å². The Bertz CT molecular complexity index is 363. The fourth-order valence-electron chi connectivity index (χ4n) is 3.19. The van der Waals surface area contributed by atoms with E-state index in [1.165, 1.54) is 0 Å². The standard InChI is InChI=1S/C13H22N2O3/c1-12(11(17)18)6-4-5-9(12)15-10(16)13(14)7-2-3-8-13/h9H,2-8,14H2,1H3,(H,15,16)(H,17,18). The number of carboxylic acid groups (broad SMARTS) is 1. The maximum absolute atomic E-state index is 12.2. The molecule has 102 valence electrons. The van der Waals surface area contributed by atoms with Crippen LogP contribution in [-0.2, 0) is 9.59 Å². The van der Waals surface area contributed by atoms with Crippen molar-refractivity contribution in [2.45, 2.75) is 63.5 Å². The van der Waals surface area contributed by atoms with E-state index in [0.29, 0.717) is 19.3 Å². The van der Waals surface area contributed by atoms with E-state index in [1.54, 1.807) is 6.92 Å². The van der Waals surface area contributed by atoms with Crippen molar-refractivity contribution >= 4 is 11.9 Å². The first kappa shape index (κ1) is 13.3. The SMILES string of the molecule is CC1(C(=O)O)CCCC1NC(=O)C1(N)CCCC1. The molecule has 2 saturated carbocycles. The summed E-state index contributed by atoms with van der Waals surface area (Å²) in [5.74, 6) is -0.998. The number of nitrogens with two attached hydrogens (primary N) is 1. The number of aliphatic carboxylic acids is 1. The van der Waals surface area contributed by atoms with E-state index in [9.17, 15) is 14.7 Å². The molecule has 2 fully saturated rings. The van der Waals surface area contributed by atoms with Crippen molar-refractivity contribution < 1.29 is 14.7 Å². The van der Waals surface area contributed by atoms with Gasteiger partial charge in [-0.15, -0.1) is 0 Å². The van der Waals surface area contributed by atoms with E-state index in [-0.39, 0.29) is 11.9 Å². The summed E-state index contributed by atoms with van der Waals surface area (Å²) in [6, 6.07) is -0.288. The minimum absolute atomic E-state index is 0.167. The maximum atomic E-state index is 12.2. The number of carbonyl (C=O) groups is 2. The van der Waals surface area contributed by atoms with Crippen LogP contribution in [0.5, 0.6) is 0 Å². The average Bonchev–Trinajstić information content (AvgIpc) is 2.88. The molecule has 0 aliphatic heterocycles. The van der Waals surface area contributed by atoms with Gasteiger partial charge in [0.05, 0.1) is 11.0 Å². The Morgan fingerprint density at radius 1 is 1.22 bits per heavy atom. The molecule has 5 heteroatoms. The lowest BCUT2D eigenvalue weighted by Crippen LogP contribution is -2.57. The number of nitrogens with one attached hydrogen (secondary N) is 1. The summed E-state index contributed by atoms with van der Waals surface area (Å²) in [6.45, 7) is 1.71. The van der Waals surface area contributed by atoms with Crippen LogP contribution in [0.3, 0.4) is 0 Å². The van der Waals surface area contributed by atoms with E-state index < -0.39 is 16.9 Å². The van der Waals surface area contributed by atoms with E-state index in [1.807, 2.05) is 0 Å². The molecule has 2 unspecified atom stereocenters. The number of rotatable bonds is 3. The molecule has 2 aliphatic rings. The largest absolute Gasteiger partial charge is 0.481 e. The molecular weight excluding hydrogens is 232 g/mol. The summed E-state index contributed by atoms with van der Waals surface area (Å²) >= 11 is 0. The van der Waals surface area contributed by atoms with Crippen LogP contribution in [0.2, 0.25) is 0 Å². The van der Waals surface area contributed by atoms with Gasteiger partial charge < -0.3 is 16.2 Å². The Kier molecular flexibility index (Phi) is 3.36. The summed E-state index contributed by atoms with van der Waals surface area (Å²) in [6.07, 6.45) is 5.54. The fourth-order valence-corrected chi connectivity index (χ4v) is 3.19. The van der Waals surface area contributed by atoms with Gasteiger partial charge in [0.1, 0.15) is 0 Å². The Hall–Kier alpha value is -1.10. The predicted octanol–water partition coefficient (Wildman–Crippen LogP) is 1.02. The van der Waals surface area contributed by atoms with E-state index in [2.05, 4.69) is 5.32 Å². The Balaban J connectivity index is 2.05. The van der Waals surface area contributed by atoms with Crippen molar-refractivity contribution in [2.75, 3.05) is 0 Å². The molecular formula is C13H22N2O3. The highest BCUT2D eigenvalue weighted by Gasteiger charge is 2.48. The summed E-state index contributed by atoms with van der Waals surface area (Å²) in [5, 5.41) is 12.2. The molecule has 0 aromatic rings. The molecule has 18 heavy (non-hydrogen) atoms. The van der Waals surface area contributed by atoms with Gasteiger partial charge in [0, 0.05) is 6.04 Å². The fraction of sp³-hybridized carbons (Fsp3) is 0.846. The zero-order valence-electron chi connectivity index (χ0n) is 10.9. The molecule has 0 radical (unpaired) electrons. The van der Waals surface area contributed by atoms with Crippen LogP contribution in [0.25, 0.3) is 0 Å². The summed E-state index contributed by atoms with van der Waals surface area (Å²) in [7, 11) is 0. The lowest BCUT2D eigenvalue weighted by molar-refractivity contribution is -0.149. The van der Waals surface area contributed by atoms with Gasteiger partial charge in [0.2, 0.25) is 5.91 Å². The normalized spacial score (nSPS) is 34.4. The monoisotopic (exact) mass is 254 g/mol. The molecule has 2 aliphatic carbocycles. The summed E-state index contributed by atoms with van der Waals surface area (Å²) in [4.78, 5) is 23.5. The quantitative estimate of drug-likeness (QED) is 0.701. The third-order valence-corrected chi connectivity index (χ3v) is 4.70. The first-order valence-corrected chi connectivity index (χ1v) is 6.72. The van der Waals surface area contributed by atoms with Gasteiger partial charge in [-0.05, 0) is 32.6 Å². The molecule has 2 atom stereocenters. The summed E-state index contributed by atoms with van der Waals surface area (Å²) < 4.78 is 0. The van der Waals surface area contributed by atoms with Gasteiger partial charge >= 0.3 is 5.97 Å². The Labute approximate surface area is 107 Å². The Morgan fingerprint density at radius 3 is 2.39 bits per heavy atom. The van der Waals surface area contributed by atoms with Crippen molar-refractivity contribution in [2.24, 2.45) is 11.1 Å². The second-order valence-corrected chi connectivity index (χ2v) is 6.00. The second-order valence-electron chi connectivity index (χ2n) is 6.00. The van der Waals surface area contributed by atoms with Crippen LogP contribution in [-0.4, -0.2) is 28.6 Å². The second kappa shape index (κ2) is 4.53. The van der Waals surface area contributed by atoms with Gasteiger partial charge in [0.25, 0.3) is 0 Å². The average molecular weight is 254 g/mol. The van der Waals surface area contributed by atoms with Crippen LogP contribution in [0.1, 0.15) is 51.9 Å². The number of carbonyl (C=O) groups excluding carboxylic acids is 1. The van der Waals surface area contributed by atoms with Crippen LogP contribution < -0.4 is 11.1 Å². The topological polar surface area (TPSA) is 92.4 Å². The molecule has 0 saturated heterocycles. The van der Waals surface area contributed by atoms with Crippen molar-refractivity contribution in [3.05, 3.63) is 0 Å². The van der Waals surface area contributed by atoms with Crippen LogP contribution in [0.15, 0.2) is 0 Å². The minimum Gasteiger partial charge on any atom is -0.481 e. The number of hydrogen-bond donors (Lipinski definition) is 3. The zero-order valence-corrected chi connectivity index (χ0v) is 10.9. The molecule has 0 bridgehead atoms. The van der Waals surface area contributed by atoms with Gasteiger partial charge in [-0.1, -0.05) is 19.3 Å². The van der Waals surface area contributed by atoms with Gasteiger partial charge in [0.15, 0.2) is 0 Å². The molecule has 0 aromatic heterocycles. The van der Waals surface area contributed by atoms with Crippen molar-refractivity contribution in [1.29, 1.82) is 0 Å². The highest BCUT2D eigenvalue weighted by atomic mass is 16.4. The molecule has 0 heterocycles. The molecule has 4 N–H and O–H groups in total. The lowest BCUT2D eigenvalue weighted by atomic mass is 9.84. The summed E-state index contributed by atoms with van der Waals surface area (Å²) in [5.41, 5.74) is 4.47.